The molecule has 3 heterocycles. The van der Waals surface area contributed by atoms with Crippen LogP contribution in [0.4, 0.5) is 4.39 Å². The summed E-state index contributed by atoms with van der Waals surface area (Å²) in [4.78, 5) is 30.6. The highest BCUT2D eigenvalue weighted by Gasteiger charge is 2.52. The Morgan fingerprint density at radius 1 is 0.974 bits per heavy atom. The Balaban J connectivity index is 1.50. The van der Waals surface area contributed by atoms with E-state index >= 15 is 0 Å². The molecule has 196 valence electrons. The van der Waals surface area contributed by atoms with Gasteiger partial charge in [0.2, 0.25) is 0 Å². The van der Waals surface area contributed by atoms with Crippen molar-refractivity contribution < 1.29 is 14.0 Å². The summed E-state index contributed by atoms with van der Waals surface area (Å²) in [7, 11) is 0. The lowest BCUT2D eigenvalue weighted by atomic mass is 9.83. The number of nitrogens with one attached hydrogen (secondary N) is 1. The highest BCUT2D eigenvalue weighted by Crippen LogP contribution is 2.41. The SMILES string of the molecule is O=C1c2cc3sccc3n2C[C@](C(=O)NC2CCCCCCC2)(c2ccccc2)N1Cc1cccc(F)c1. The molecule has 4 aromatic rings. The van der Waals surface area contributed by atoms with Crippen LogP contribution in [0.25, 0.3) is 10.2 Å². The molecule has 1 atom stereocenters. The monoisotopic (exact) mass is 529 g/mol. The maximum Gasteiger partial charge on any atom is 0.272 e. The number of carbonyl (C=O) groups is 2. The number of benzene rings is 2. The summed E-state index contributed by atoms with van der Waals surface area (Å²) in [5.41, 5.74) is 1.65. The van der Waals surface area contributed by atoms with Gasteiger partial charge in [-0.05, 0) is 53.6 Å². The van der Waals surface area contributed by atoms with E-state index in [9.17, 15) is 14.0 Å². The number of aromatic nitrogens is 1. The number of amides is 2. The van der Waals surface area contributed by atoms with Gasteiger partial charge in [0.1, 0.15) is 11.5 Å². The molecule has 2 amide bonds. The van der Waals surface area contributed by atoms with Gasteiger partial charge in [0.25, 0.3) is 11.8 Å². The lowest BCUT2D eigenvalue weighted by Crippen LogP contribution is -2.64. The Morgan fingerprint density at radius 3 is 2.50 bits per heavy atom. The van der Waals surface area contributed by atoms with Gasteiger partial charge in [-0.2, -0.15) is 0 Å². The van der Waals surface area contributed by atoms with Crippen molar-refractivity contribution >= 4 is 33.4 Å². The summed E-state index contributed by atoms with van der Waals surface area (Å²) in [6.07, 6.45) is 7.68. The largest absolute Gasteiger partial charge is 0.351 e. The van der Waals surface area contributed by atoms with E-state index in [-0.39, 0.29) is 30.2 Å². The van der Waals surface area contributed by atoms with Crippen LogP contribution in [0.1, 0.15) is 66.6 Å². The van der Waals surface area contributed by atoms with Gasteiger partial charge in [0.15, 0.2) is 5.54 Å². The van der Waals surface area contributed by atoms with Crippen molar-refractivity contribution in [2.45, 2.75) is 69.6 Å². The van der Waals surface area contributed by atoms with Crippen LogP contribution in [-0.4, -0.2) is 27.3 Å². The van der Waals surface area contributed by atoms with Crippen molar-refractivity contribution in [2.75, 3.05) is 0 Å². The van der Waals surface area contributed by atoms with E-state index in [0.717, 1.165) is 41.5 Å². The van der Waals surface area contributed by atoms with Crippen LogP contribution in [0.5, 0.6) is 0 Å². The second-order valence-electron chi connectivity index (χ2n) is 10.5. The number of fused-ring (bicyclic) bond motifs is 3. The zero-order chi connectivity index (χ0) is 26.1. The van der Waals surface area contributed by atoms with E-state index in [1.807, 2.05) is 58.5 Å². The smallest absolute Gasteiger partial charge is 0.272 e. The van der Waals surface area contributed by atoms with Gasteiger partial charge < -0.3 is 14.8 Å². The number of nitrogens with zero attached hydrogens (tertiary/aromatic N) is 2. The van der Waals surface area contributed by atoms with Gasteiger partial charge >= 0.3 is 0 Å². The summed E-state index contributed by atoms with van der Waals surface area (Å²) < 4.78 is 17.2. The maximum atomic E-state index is 14.6. The predicted molar refractivity (Wildman–Crippen MR) is 148 cm³/mol. The fraction of sp³-hybridized carbons (Fsp3) is 0.355. The fourth-order valence-electron chi connectivity index (χ4n) is 6.17. The minimum Gasteiger partial charge on any atom is -0.351 e. The van der Waals surface area contributed by atoms with Crippen LogP contribution in [0.15, 0.2) is 72.1 Å². The number of halogens is 1. The minimum atomic E-state index is -1.28. The van der Waals surface area contributed by atoms with E-state index in [1.165, 1.54) is 31.4 Å². The fourth-order valence-corrected chi connectivity index (χ4v) is 6.99. The number of hydrogen-bond acceptors (Lipinski definition) is 3. The molecule has 6 rings (SSSR count). The van der Waals surface area contributed by atoms with Gasteiger partial charge in [0, 0.05) is 12.6 Å². The molecule has 1 N–H and O–H groups in total. The first-order valence-corrected chi connectivity index (χ1v) is 14.4. The molecule has 0 bridgehead atoms. The van der Waals surface area contributed by atoms with Crippen molar-refractivity contribution in [3.63, 3.8) is 0 Å². The van der Waals surface area contributed by atoms with Crippen LogP contribution >= 0.6 is 11.3 Å². The van der Waals surface area contributed by atoms with Crippen LogP contribution in [-0.2, 0) is 23.4 Å². The van der Waals surface area contributed by atoms with Crippen molar-refractivity contribution in [1.82, 2.24) is 14.8 Å². The van der Waals surface area contributed by atoms with Crippen LogP contribution < -0.4 is 5.32 Å². The molecule has 1 aliphatic heterocycles. The zero-order valence-corrected chi connectivity index (χ0v) is 22.2. The Kier molecular flexibility index (Phi) is 6.78. The van der Waals surface area contributed by atoms with Crippen LogP contribution in [0.2, 0.25) is 0 Å². The summed E-state index contributed by atoms with van der Waals surface area (Å²) in [5, 5.41) is 5.40. The average molecular weight is 530 g/mol. The van der Waals surface area contributed by atoms with Crippen LogP contribution in [0.3, 0.4) is 0 Å². The highest BCUT2D eigenvalue weighted by molar-refractivity contribution is 7.17. The Bertz CT molecular complexity index is 1450. The molecule has 5 nitrogen and oxygen atoms in total. The van der Waals surface area contributed by atoms with E-state index in [4.69, 9.17) is 0 Å². The van der Waals surface area contributed by atoms with Crippen molar-refractivity contribution in [3.8, 4) is 0 Å². The van der Waals surface area contributed by atoms with E-state index in [1.54, 1.807) is 22.3 Å². The quantitative estimate of drug-likeness (QED) is 0.316. The molecule has 38 heavy (non-hydrogen) atoms. The summed E-state index contributed by atoms with van der Waals surface area (Å²) in [6, 6.07) is 19.9. The summed E-state index contributed by atoms with van der Waals surface area (Å²) in [6.45, 7) is 0.425. The first-order chi connectivity index (χ1) is 18.6. The summed E-state index contributed by atoms with van der Waals surface area (Å²) in [5.74, 6) is -0.748. The van der Waals surface area contributed by atoms with Gasteiger partial charge in [-0.1, -0.05) is 74.6 Å². The van der Waals surface area contributed by atoms with E-state index in [0.29, 0.717) is 17.8 Å². The van der Waals surface area contributed by atoms with Crippen LogP contribution in [0, 0.1) is 5.82 Å². The Labute approximate surface area is 226 Å². The molecule has 2 aromatic carbocycles. The Morgan fingerprint density at radius 2 is 1.74 bits per heavy atom. The first kappa shape index (κ1) is 24.9. The molecule has 0 spiro atoms. The van der Waals surface area contributed by atoms with Crippen molar-refractivity contribution in [1.29, 1.82) is 0 Å². The lowest BCUT2D eigenvalue weighted by Gasteiger charge is -2.47. The summed E-state index contributed by atoms with van der Waals surface area (Å²) >= 11 is 1.59. The first-order valence-electron chi connectivity index (χ1n) is 13.6. The number of carbonyl (C=O) groups excluding carboxylic acids is 2. The molecule has 7 heteroatoms. The molecule has 0 unspecified atom stereocenters. The molecular formula is C31H32FN3O2S. The standard InChI is InChI=1S/C31H32FN3O2S/c32-24-13-9-10-22(18-24)20-35-29(36)27-19-28-26(16-17-38-28)34(27)21-31(35,23-11-5-4-6-12-23)30(37)33-25-14-7-2-1-3-8-15-25/h4-6,9-13,16-19,25H,1-3,7-8,14-15,20-21H2,(H,33,37)/t31-/m1/s1. The van der Waals surface area contributed by atoms with Gasteiger partial charge in [-0.3, -0.25) is 9.59 Å². The van der Waals surface area contributed by atoms with E-state index < -0.39 is 5.54 Å². The molecule has 0 radical (unpaired) electrons. The third-order valence-corrected chi connectivity index (χ3v) is 8.98. The van der Waals surface area contributed by atoms with Crippen molar-refractivity contribution in [2.24, 2.45) is 0 Å². The zero-order valence-electron chi connectivity index (χ0n) is 21.4. The molecular weight excluding hydrogens is 497 g/mol. The Hall–Kier alpha value is -3.45. The molecule has 1 saturated carbocycles. The van der Waals surface area contributed by atoms with Gasteiger partial charge in [-0.15, -0.1) is 11.3 Å². The average Bonchev–Trinajstić information content (AvgIpc) is 3.50. The predicted octanol–water partition coefficient (Wildman–Crippen LogP) is 6.62. The number of rotatable bonds is 5. The topological polar surface area (TPSA) is 54.3 Å². The maximum absolute atomic E-state index is 14.6. The molecule has 1 fully saturated rings. The van der Waals surface area contributed by atoms with Gasteiger partial charge in [-0.25, -0.2) is 4.39 Å². The highest BCUT2D eigenvalue weighted by atomic mass is 32.1. The van der Waals surface area contributed by atoms with E-state index in [2.05, 4.69) is 5.32 Å². The second-order valence-corrected chi connectivity index (χ2v) is 11.5. The third-order valence-electron chi connectivity index (χ3n) is 8.13. The minimum absolute atomic E-state index is 0.0711. The number of hydrogen-bond donors (Lipinski definition) is 1. The third kappa shape index (κ3) is 4.43. The molecule has 0 saturated heterocycles. The molecule has 1 aliphatic carbocycles. The molecule has 2 aromatic heterocycles. The second kappa shape index (κ2) is 10.4. The number of thiophene rings is 1. The molecule has 2 aliphatic rings. The lowest BCUT2D eigenvalue weighted by molar-refractivity contribution is -0.136. The normalized spacial score (nSPS) is 20.7. The van der Waals surface area contributed by atoms with Gasteiger partial charge in [0.05, 0.1) is 16.8 Å². The van der Waals surface area contributed by atoms with Crippen molar-refractivity contribution in [3.05, 3.63) is 94.7 Å².